The van der Waals surface area contributed by atoms with Gasteiger partial charge in [0, 0.05) is 17.2 Å². The van der Waals surface area contributed by atoms with Gasteiger partial charge in [-0.05, 0) is 57.1 Å². The number of thiazole rings is 1. The molecule has 0 saturated heterocycles. The molecule has 0 amide bonds. The monoisotopic (exact) mass is 407 g/mol. The molecule has 0 saturated carbocycles. The zero-order valence-electron chi connectivity index (χ0n) is 18.2. The lowest BCUT2D eigenvalue weighted by molar-refractivity contribution is -0.129. The van der Waals surface area contributed by atoms with Crippen LogP contribution in [0.5, 0.6) is 0 Å². The van der Waals surface area contributed by atoms with Crippen molar-refractivity contribution in [3.8, 4) is 0 Å². The number of Topliss-reactive ketones (excluding diaryl/α,β-unsaturated/α-hetero) is 1. The van der Waals surface area contributed by atoms with E-state index in [-0.39, 0.29) is 23.5 Å². The molecule has 0 bridgehead atoms. The van der Waals surface area contributed by atoms with Crippen molar-refractivity contribution in [2.24, 2.45) is 17.8 Å². The molecule has 0 aromatic carbocycles. The molecule has 0 aliphatic heterocycles. The van der Waals surface area contributed by atoms with Gasteiger partial charge in [0.2, 0.25) is 0 Å². The third kappa shape index (κ3) is 8.38. The zero-order valence-corrected chi connectivity index (χ0v) is 19.0. The molecule has 5 heteroatoms. The Bertz CT molecular complexity index is 663. The lowest BCUT2D eigenvalue weighted by atomic mass is 9.84. The normalized spacial score (nSPS) is 17.1. The second-order valence-electron chi connectivity index (χ2n) is 8.15. The highest BCUT2D eigenvalue weighted by molar-refractivity contribution is 7.09. The first-order chi connectivity index (χ1) is 13.1. The van der Waals surface area contributed by atoms with Crippen LogP contribution in [0.4, 0.5) is 0 Å². The SMILES string of the molecule is C/C(=C\c1csc(C)n1)[C@@H](O)C/C=C\CCCC(C)[C@H](O)[C@@H](C)C(=O)C(C)C. The highest BCUT2D eigenvalue weighted by Crippen LogP contribution is 2.22. The minimum Gasteiger partial charge on any atom is -0.392 e. The predicted octanol–water partition coefficient (Wildman–Crippen LogP) is 5.19. The summed E-state index contributed by atoms with van der Waals surface area (Å²) in [6.45, 7) is 11.5. The van der Waals surface area contributed by atoms with Gasteiger partial charge in [-0.2, -0.15) is 0 Å². The smallest absolute Gasteiger partial charge is 0.140 e. The Kier molecular flexibility index (Phi) is 10.9. The molecule has 158 valence electrons. The molecule has 0 aliphatic rings. The van der Waals surface area contributed by atoms with Crippen molar-refractivity contribution in [3.63, 3.8) is 0 Å². The van der Waals surface area contributed by atoms with E-state index in [0.29, 0.717) is 6.42 Å². The molecular weight excluding hydrogens is 370 g/mol. The largest absolute Gasteiger partial charge is 0.392 e. The molecule has 28 heavy (non-hydrogen) atoms. The van der Waals surface area contributed by atoms with Crippen molar-refractivity contribution in [1.82, 2.24) is 4.98 Å². The number of aliphatic hydroxyl groups is 2. The number of ketones is 1. The van der Waals surface area contributed by atoms with Gasteiger partial charge in [-0.3, -0.25) is 4.79 Å². The number of hydrogen-bond donors (Lipinski definition) is 2. The number of carbonyl (C=O) groups is 1. The standard InChI is InChI=1S/C23H37NO3S/c1-15(2)22(26)18(5)23(27)16(3)11-9-7-8-10-12-21(25)17(4)13-20-14-28-19(6)24-20/h8,10,13-16,18,21,23,25,27H,7,9,11-12H2,1-6H3/b10-8-,17-13+/t16?,18-,21-,23-/m0/s1. The molecular formula is C23H37NO3S. The number of aliphatic hydroxyl groups excluding tert-OH is 2. The van der Waals surface area contributed by atoms with E-state index in [9.17, 15) is 15.0 Å². The maximum absolute atomic E-state index is 12.0. The molecule has 1 aromatic rings. The van der Waals surface area contributed by atoms with E-state index in [1.54, 1.807) is 11.3 Å². The van der Waals surface area contributed by atoms with E-state index in [0.717, 1.165) is 35.5 Å². The summed E-state index contributed by atoms with van der Waals surface area (Å²) in [5.41, 5.74) is 1.82. The average Bonchev–Trinajstić information content (AvgIpc) is 3.06. The van der Waals surface area contributed by atoms with Crippen molar-refractivity contribution >= 4 is 23.2 Å². The van der Waals surface area contributed by atoms with Crippen LogP contribution in [0.25, 0.3) is 6.08 Å². The third-order valence-electron chi connectivity index (χ3n) is 5.21. The zero-order chi connectivity index (χ0) is 21.3. The summed E-state index contributed by atoms with van der Waals surface area (Å²) in [4.78, 5) is 16.4. The summed E-state index contributed by atoms with van der Waals surface area (Å²) in [5, 5.41) is 23.7. The van der Waals surface area contributed by atoms with Gasteiger partial charge in [-0.15, -0.1) is 11.3 Å². The Hall–Kier alpha value is -1.30. The molecule has 1 heterocycles. The van der Waals surface area contributed by atoms with Crippen LogP contribution in [0.15, 0.2) is 23.1 Å². The van der Waals surface area contributed by atoms with Gasteiger partial charge in [0.05, 0.1) is 22.9 Å². The molecule has 1 rings (SSSR count). The number of unbranched alkanes of at least 4 members (excludes halogenated alkanes) is 1. The molecule has 2 N–H and O–H groups in total. The predicted molar refractivity (Wildman–Crippen MR) is 118 cm³/mol. The van der Waals surface area contributed by atoms with Crippen LogP contribution in [-0.4, -0.2) is 33.2 Å². The number of aryl methyl sites for hydroxylation is 1. The molecule has 4 nitrogen and oxygen atoms in total. The van der Waals surface area contributed by atoms with E-state index in [4.69, 9.17) is 0 Å². The van der Waals surface area contributed by atoms with Gasteiger partial charge < -0.3 is 10.2 Å². The molecule has 4 atom stereocenters. The second-order valence-corrected chi connectivity index (χ2v) is 9.21. The van der Waals surface area contributed by atoms with E-state index < -0.39 is 12.2 Å². The Labute approximate surface area is 174 Å². The first-order valence-corrected chi connectivity index (χ1v) is 11.2. The molecule has 0 aliphatic carbocycles. The van der Waals surface area contributed by atoms with Crippen LogP contribution in [0.1, 0.15) is 71.0 Å². The summed E-state index contributed by atoms with van der Waals surface area (Å²) >= 11 is 1.61. The van der Waals surface area contributed by atoms with Gasteiger partial charge in [-0.1, -0.05) is 39.8 Å². The van der Waals surface area contributed by atoms with E-state index in [1.165, 1.54) is 0 Å². The number of allylic oxidation sites excluding steroid dienone is 1. The topological polar surface area (TPSA) is 70.4 Å². The summed E-state index contributed by atoms with van der Waals surface area (Å²) in [5.74, 6) is -0.117. The minimum absolute atomic E-state index is 0.0387. The number of nitrogens with zero attached hydrogens (tertiary/aromatic N) is 1. The lowest BCUT2D eigenvalue weighted by Gasteiger charge is -2.25. The molecule has 1 aromatic heterocycles. The van der Waals surface area contributed by atoms with Gasteiger partial charge in [-0.25, -0.2) is 4.98 Å². The fourth-order valence-corrected chi connectivity index (χ4v) is 3.79. The highest BCUT2D eigenvalue weighted by atomic mass is 32.1. The van der Waals surface area contributed by atoms with Gasteiger partial charge in [0.25, 0.3) is 0 Å². The van der Waals surface area contributed by atoms with Gasteiger partial charge >= 0.3 is 0 Å². The number of aromatic nitrogens is 1. The summed E-state index contributed by atoms with van der Waals surface area (Å²) < 4.78 is 0. The molecule has 0 fully saturated rings. The Morgan fingerprint density at radius 3 is 2.46 bits per heavy atom. The van der Waals surface area contributed by atoms with E-state index in [1.807, 2.05) is 59.1 Å². The van der Waals surface area contributed by atoms with Crippen molar-refractivity contribution in [2.45, 2.75) is 79.4 Å². The fourth-order valence-electron chi connectivity index (χ4n) is 3.22. The van der Waals surface area contributed by atoms with Crippen LogP contribution in [0.2, 0.25) is 0 Å². The highest BCUT2D eigenvalue weighted by Gasteiger charge is 2.27. The van der Waals surface area contributed by atoms with E-state index in [2.05, 4.69) is 11.1 Å². The summed E-state index contributed by atoms with van der Waals surface area (Å²) in [6, 6.07) is 0. The summed E-state index contributed by atoms with van der Waals surface area (Å²) in [6.07, 6.45) is 8.29. The van der Waals surface area contributed by atoms with Crippen molar-refractivity contribution < 1.29 is 15.0 Å². The van der Waals surface area contributed by atoms with E-state index >= 15 is 0 Å². The maximum Gasteiger partial charge on any atom is 0.140 e. The van der Waals surface area contributed by atoms with Crippen molar-refractivity contribution in [1.29, 1.82) is 0 Å². The maximum atomic E-state index is 12.0. The van der Waals surface area contributed by atoms with Crippen LogP contribution in [0, 0.1) is 24.7 Å². The molecule has 0 radical (unpaired) electrons. The number of carbonyl (C=O) groups excluding carboxylic acids is 1. The number of hydrogen-bond acceptors (Lipinski definition) is 5. The quantitative estimate of drug-likeness (QED) is 0.369. The van der Waals surface area contributed by atoms with Gasteiger partial charge in [0.1, 0.15) is 5.78 Å². The average molecular weight is 408 g/mol. The summed E-state index contributed by atoms with van der Waals surface area (Å²) in [7, 11) is 0. The van der Waals surface area contributed by atoms with Crippen LogP contribution in [-0.2, 0) is 4.79 Å². The van der Waals surface area contributed by atoms with Crippen LogP contribution < -0.4 is 0 Å². The first-order valence-electron chi connectivity index (χ1n) is 10.3. The Balaban J connectivity index is 2.32. The Morgan fingerprint density at radius 2 is 1.89 bits per heavy atom. The second kappa shape index (κ2) is 12.3. The van der Waals surface area contributed by atoms with Crippen molar-refractivity contribution in [3.05, 3.63) is 33.8 Å². The minimum atomic E-state index is -0.581. The van der Waals surface area contributed by atoms with Crippen molar-refractivity contribution in [2.75, 3.05) is 0 Å². The molecule has 0 spiro atoms. The van der Waals surface area contributed by atoms with Gasteiger partial charge in [0.15, 0.2) is 0 Å². The Morgan fingerprint density at radius 1 is 1.21 bits per heavy atom. The lowest BCUT2D eigenvalue weighted by Crippen LogP contribution is -2.33. The molecule has 1 unspecified atom stereocenters. The van der Waals surface area contributed by atoms with Crippen LogP contribution >= 0.6 is 11.3 Å². The van der Waals surface area contributed by atoms with Crippen LogP contribution in [0.3, 0.4) is 0 Å². The third-order valence-corrected chi connectivity index (χ3v) is 6.00. The first kappa shape index (κ1) is 24.7. The fraction of sp³-hybridized carbons (Fsp3) is 0.652. The number of rotatable bonds is 12.